The van der Waals surface area contributed by atoms with Crippen molar-refractivity contribution in [3.63, 3.8) is 0 Å². The largest absolute Gasteiger partial charge is 0.334 e. The van der Waals surface area contributed by atoms with Crippen LogP contribution in [-0.2, 0) is 17.8 Å². The number of rotatable bonds is 2. The second-order valence-corrected chi connectivity index (χ2v) is 7.41. The molecule has 1 aromatic carbocycles. The average molecular weight is 382 g/mol. The Morgan fingerprint density at radius 3 is 2.86 bits per heavy atom. The molecule has 28 heavy (non-hydrogen) atoms. The van der Waals surface area contributed by atoms with Gasteiger partial charge in [-0.2, -0.15) is 0 Å². The molecule has 0 N–H and O–H groups in total. The molecule has 2 aliphatic rings. The molecule has 2 aromatic rings. The van der Waals surface area contributed by atoms with Crippen molar-refractivity contribution in [3.8, 4) is 0 Å². The molecule has 6 nitrogen and oxygen atoms in total. The van der Waals surface area contributed by atoms with Crippen molar-refractivity contribution >= 4 is 11.8 Å². The van der Waals surface area contributed by atoms with Gasteiger partial charge in [-0.3, -0.25) is 9.59 Å². The normalized spacial score (nSPS) is 19.3. The molecule has 7 heteroatoms. The molecule has 1 aromatic heterocycles. The number of aromatic nitrogens is 2. The van der Waals surface area contributed by atoms with Gasteiger partial charge in [-0.15, -0.1) is 0 Å². The lowest BCUT2D eigenvalue weighted by molar-refractivity contribution is -0.132. The van der Waals surface area contributed by atoms with Crippen molar-refractivity contribution in [1.29, 1.82) is 0 Å². The molecule has 0 unspecified atom stereocenters. The summed E-state index contributed by atoms with van der Waals surface area (Å²) in [6, 6.07) is 5.69. The Labute approximate surface area is 163 Å². The predicted octanol–water partition coefficient (Wildman–Crippen LogP) is 2.89. The van der Waals surface area contributed by atoms with Gasteiger partial charge in [-0.1, -0.05) is 6.07 Å². The quantitative estimate of drug-likeness (QED) is 0.801. The summed E-state index contributed by atoms with van der Waals surface area (Å²) in [5.41, 5.74) is 2.19. The van der Waals surface area contributed by atoms with Crippen LogP contribution in [0.1, 0.15) is 59.7 Å². The van der Waals surface area contributed by atoms with Crippen molar-refractivity contribution in [3.05, 3.63) is 58.9 Å². The fourth-order valence-corrected chi connectivity index (χ4v) is 4.05. The van der Waals surface area contributed by atoms with Crippen LogP contribution in [0.15, 0.2) is 30.5 Å². The Morgan fingerprint density at radius 2 is 2.07 bits per heavy atom. The molecule has 2 amide bonds. The molecule has 0 spiro atoms. The van der Waals surface area contributed by atoms with Crippen LogP contribution in [0.2, 0.25) is 0 Å². The first-order valence-corrected chi connectivity index (χ1v) is 9.69. The second-order valence-electron chi connectivity index (χ2n) is 7.41. The molecule has 0 radical (unpaired) electrons. The SMILES string of the molecule is CC(=O)N1CCCC[C@H]1c1ncc2c(n1)CCN(C(=O)c1cccc(F)c1)C2. The van der Waals surface area contributed by atoms with Crippen molar-refractivity contribution < 1.29 is 14.0 Å². The number of fused-ring (bicyclic) bond motifs is 1. The van der Waals surface area contributed by atoms with E-state index in [1.807, 2.05) is 4.90 Å². The van der Waals surface area contributed by atoms with E-state index in [0.29, 0.717) is 30.9 Å². The molecule has 1 atom stereocenters. The van der Waals surface area contributed by atoms with Gasteiger partial charge in [0.15, 0.2) is 5.82 Å². The van der Waals surface area contributed by atoms with Gasteiger partial charge in [-0.25, -0.2) is 14.4 Å². The molecule has 146 valence electrons. The Balaban J connectivity index is 1.53. The van der Waals surface area contributed by atoms with Crippen LogP contribution in [0.3, 0.4) is 0 Å². The maximum absolute atomic E-state index is 13.4. The maximum Gasteiger partial charge on any atom is 0.254 e. The molecule has 0 saturated carbocycles. The second kappa shape index (κ2) is 7.66. The minimum absolute atomic E-state index is 0.0536. The highest BCUT2D eigenvalue weighted by molar-refractivity contribution is 5.94. The van der Waals surface area contributed by atoms with E-state index in [2.05, 4.69) is 4.98 Å². The summed E-state index contributed by atoms with van der Waals surface area (Å²) in [4.78, 5) is 37.4. The lowest BCUT2D eigenvalue weighted by Crippen LogP contribution is -2.39. The van der Waals surface area contributed by atoms with Gasteiger partial charge < -0.3 is 9.80 Å². The summed E-state index contributed by atoms with van der Waals surface area (Å²) in [6.07, 6.45) is 5.35. The van der Waals surface area contributed by atoms with Gasteiger partial charge in [0.25, 0.3) is 5.91 Å². The topological polar surface area (TPSA) is 66.4 Å². The number of hydrogen-bond acceptors (Lipinski definition) is 4. The first kappa shape index (κ1) is 18.5. The summed E-state index contributed by atoms with van der Waals surface area (Å²) in [7, 11) is 0. The number of hydrogen-bond donors (Lipinski definition) is 0. The van der Waals surface area contributed by atoms with Crippen molar-refractivity contribution in [1.82, 2.24) is 19.8 Å². The third kappa shape index (κ3) is 3.61. The average Bonchev–Trinajstić information content (AvgIpc) is 2.72. The molecule has 2 aliphatic heterocycles. The van der Waals surface area contributed by atoms with E-state index in [9.17, 15) is 14.0 Å². The van der Waals surface area contributed by atoms with E-state index < -0.39 is 5.82 Å². The number of halogens is 1. The van der Waals surface area contributed by atoms with E-state index in [4.69, 9.17) is 4.98 Å². The number of carbonyl (C=O) groups excluding carboxylic acids is 2. The van der Waals surface area contributed by atoms with Crippen LogP contribution in [0.25, 0.3) is 0 Å². The van der Waals surface area contributed by atoms with Gasteiger partial charge in [0.05, 0.1) is 11.7 Å². The third-order valence-corrected chi connectivity index (χ3v) is 5.52. The highest BCUT2D eigenvalue weighted by Gasteiger charge is 2.30. The minimum Gasteiger partial charge on any atom is -0.334 e. The zero-order chi connectivity index (χ0) is 19.7. The number of carbonyl (C=O) groups is 2. The van der Waals surface area contributed by atoms with Crippen molar-refractivity contribution in [2.75, 3.05) is 13.1 Å². The molecule has 1 saturated heterocycles. The third-order valence-electron chi connectivity index (χ3n) is 5.52. The summed E-state index contributed by atoms with van der Waals surface area (Å²) < 4.78 is 13.4. The van der Waals surface area contributed by atoms with Gasteiger partial charge in [0.2, 0.25) is 5.91 Å². The predicted molar refractivity (Wildman–Crippen MR) is 101 cm³/mol. The summed E-state index contributed by atoms with van der Waals surface area (Å²) >= 11 is 0. The standard InChI is InChI=1S/C21H23FN4O2/c1-14(27)26-9-3-2-7-19(26)20-23-12-16-13-25(10-8-18(16)24-20)21(28)15-5-4-6-17(22)11-15/h4-6,11-12,19H,2-3,7-10,13H2,1H3/t19-/m0/s1. The molecular weight excluding hydrogens is 359 g/mol. The molecule has 1 fully saturated rings. The molecule has 0 bridgehead atoms. The van der Waals surface area contributed by atoms with Crippen molar-refractivity contribution in [2.24, 2.45) is 0 Å². The zero-order valence-corrected chi connectivity index (χ0v) is 15.9. The minimum atomic E-state index is -0.418. The van der Waals surface area contributed by atoms with Crippen LogP contribution in [0, 0.1) is 5.82 Å². The van der Waals surface area contributed by atoms with Gasteiger partial charge >= 0.3 is 0 Å². The van der Waals surface area contributed by atoms with E-state index >= 15 is 0 Å². The number of nitrogens with zero attached hydrogens (tertiary/aromatic N) is 4. The highest BCUT2D eigenvalue weighted by Crippen LogP contribution is 2.30. The number of benzene rings is 1. The number of amides is 2. The smallest absolute Gasteiger partial charge is 0.254 e. The Kier molecular flexibility index (Phi) is 5.07. The van der Waals surface area contributed by atoms with Crippen molar-refractivity contribution in [2.45, 2.75) is 45.2 Å². The van der Waals surface area contributed by atoms with Crippen LogP contribution < -0.4 is 0 Å². The Hall–Kier alpha value is -2.83. The molecule has 3 heterocycles. The Bertz CT molecular complexity index is 917. The molecule has 0 aliphatic carbocycles. The van der Waals surface area contributed by atoms with E-state index in [0.717, 1.165) is 37.1 Å². The lowest BCUT2D eigenvalue weighted by atomic mass is 10.00. The van der Waals surface area contributed by atoms with Crippen LogP contribution in [0.4, 0.5) is 4.39 Å². The summed E-state index contributed by atoms with van der Waals surface area (Å²) in [5.74, 6) is 0.138. The first-order valence-electron chi connectivity index (χ1n) is 9.69. The zero-order valence-electron chi connectivity index (χ0n) is 15.9. The summed E-state index contributed by atoms with van der Waals surface area (Å²) in [5, 5.41) is 0. The molecule has 4 rings (SSSR count). The monoisotopic (exact) mass is 382 g/mol. The first-order chi connectivity index (χ1) is 13.5. The maximum atomic E-state index is 13.4. The molecular formula is C21H23FN4O2. The highest BCUT2D eigenvalue weighted by atomic mass is 19.1. The summed E-state index contributed by atoms with van der Waals surface area (Å²) in [6.45, 7) is 3.27. The van der Waals surface area contributed by atoms with Crippen LogP contribution in [-0.4, -0.2) is 44.7 Å². The van der Waals surface area contributed by atoms with E-state index in [1.54, 1.807) is 30.2 Å². The van der Waals surface area contributed by atoms with Crippen LogP contribution >= 0.6 is 0 Å². The van der Waals surface area contributed by atoms with Gasteiger partial charge in [0.1, 0.15) is 5.82 Å². The number of likely N-dealkylation sites (tertiary alicyclic amines) is 1. The fourth-order valence-electron chi connectivity index (χ4n) is 4.05. The van der Waals surface area contributed by atoms with E-state index in [-0.39, 0.29) is 17.9 Å². The van der Waals surface area contributed by atoms with Gasteiger partial charge in [0, 0.05) is 50.3 Å². The lowest BCUT2D eigenvalue weighted by Gasteiger charge is -2.35. The van der Waals surface area contributed by atoms with Crippen LogP contribution in [0.5, 0.6) is 0 Å². The van der Waals surface area contributed by atoms with E-state index in [1.165, 1.54) is 12.1 Å². The van der Waals surface area contributed by atoms with Gasteiger partial charge in [-0.05, 0) is 37.5 Å². The fraction of sp³-hybridized carbons (Fsp3) is 0.429. The Morgan fingerprint density at radius 1 is 1.21 bits per heavy atom. The number of piperidine rings is 1.